The summed E-state index contributed by atoms with van der Waals surface area (Å²) in [6.07, 6.45) is -7.21. The van der Waals surface area contributed by atoms with E-state index in [4.69, 9.17) is 39.0 Å². The van der Waals surface area contributed by atoms with Crippen LogP contribution in [0.4, 0.5) is 0 Å². The number of amides is 1. The summed E-state index contributed by atoms with van der Waals surface area (Å²) in [6, 6.07) is 4.86. The number of rotatable bonds is 12. The Labute approximate surface area is 258 Å². The molecule has 1 aromatic rings. The number of carbonyl (C=O) groups is 2. The van der Waals surface area contributed by atoms with Crippen molar-refractivity contribution in [2.75, 3.05) is 13.6 Å². The Morgan fingerprint density at radius 2 is 1.78 bits per heavy atom. The molecule has 3 aliphatic rings. The van der Waals surface area contributed by atoms with Crippen molar-refractivity contribution in [1.29, 1.82) is 10.5 Å². The Morgan fingerprint density at radius 1 is 1.11 bits per heavy atom. The quantitative estimate of drug-likeness (QED) is 0.0793. The number of hydrogen-bond acceptors (Lipinski definition) is 15. The van der Waals surface area contributed by atoms with Crippen LogP contribution in [-0.4, -0.2) is 108 Å². The number of ether oxygens (including phenoxy) is 5. The molecule has 45 heavy (non-hydrogen) atoms. The molecule has 17 nitrogen and oxygen atoms in total. The normalized spacial score (nSPS) is 33.7. The van der Waals surface area contributed by atoms with Gasteiger partial charge in [0.05, 0.1) is 11.6 Å². The van der Waals surface area contributed by atoms with E-state index in [1.54, 1.807) is 33.0 Å². The van der Waals surface area contributed by atoms with Gasteiger partial charge >= 0.3 is 5.97 Å². The lowest BCUT2D eigenvalue weighted by Crippen LogP contribution is -2.69. The smallest absolute Gasteiger partial charge is 0.335 e. The van der Waals surface area contributed by atoms with Crippen LogP contribution in [0.1, 0.15) is 42.6 Å². The Hall–Kier alpha value is -3.78. The third-order valence-corrected chi connectivity index (χ3v) is 7.82. The van der Waals surface area contributed by atoms with Crippen molar-refractivity contribution in [3.63, 3.8) is 0 Å². The monoisotopic (exact) mass is 632 g/mol. The Morgan fingerprint density at radius 3 is 2.38 bits per heavy atom. The molecule has 10 atom stereocenters. The number of nitroso groups, excluding NO2 is 1. The highest BCUT2D eigenvalue weighted by molar-refractivity contribution is 5.94. The van der Waals surface area contributed by atoms with E-state index >= 15 is 0 Å². The molecule has 0 aliphatic carbocycles. The van der Waals surface area contributed by atoms with Crippen LogP contribution in [0.25, 0.3) is 0 Å². The molecule has 1 aromatic carbocycles. The largest absolute Gasteiger partial charge is 0.479 e. The van der Waals surface area contributed by atoms with Gasteiger partial charge in [-0.05, 0) is 46.4 Å². The molecule has 0 spiro atoms. The SMILES string of the molecule is CNC1C(OC2OC(C(=O)O)C(O)C3OC(CCCNC(=O)c4ccc(C)cc4)OC23)C(N=O)C(ON(C#N)C#N)OC1(C)C. The summed E-state index contributed by atoms with van der Waals surface area (Å²) in [5.41, 5.74) is 0.403. The number of likely N-dealkylation sites (N-methyl/N-ethyl adjacent to an activating group) is 1. The molecule has 0 radical (unpaired) electrons. The summed E-state index contributed by atoms with van der Waals surface area (Å²) in [7, 11) is 1.57. The van der Waals surface area contributed by atoms with Crippen molar-refractivity contribution < 1.29 is 48.3 Å². The van der Waals surface area contributed by atoms with Crippen LogP contribution in [0.2, 0.25) is 0 Å². The molecule has 0 bridgehead atoms. The lowest BCUT2D eigenvalue weighted by molar-refractivity contribution is -0.343. The first-order chi connectivity index (χ1) is 21.4. The van der Waals surface area contributed by atoms with Gasteiger partial charge in [-0.1, -0.05) is 27.9 Å². The molecule has 17 heteroatoms. The fourth-order valence-electron chi connectivity index (χ4n) is 5.62. The number of benzene rings is 1. The van der Waals surface area contributed by atoms with E-state index in [-0.39, 0.29) is 17.4 Å². The van der Waals surface area contributed by atoms with Gasteiger partial charge < -0.3 is 44.5 Å². The van der Waals surface area contributed by atoms with Crippen molar-refractivity contribution in [2.24, 2.45) is 5.18 Å². The number of nitriles is 2. The zero-order valence-corrected chi connectivity index (χ0v) is 25.1. The van der Waals surface area contributed by atoms with Crippen LogP contribution in [0.5, 0.6) is 0 Å². The molecule has 3 fully saturated rings. The van der Waals surface area contributed by atoms with Gasteiger partial charge in [-0.3, -0.25) is 4.79 Å². The second-order valence-corrected chi connectivity index (χ2v) is 11.3. The Kier molecular flexibility index (Phi) is 11.0. The number of carbonyl (C=O) groups excluding carboxylic acids is 1. The molecule has 3 aliphatic heterocycles. The molecule has 4 rings (SSSR count). The number of carboxylic acids is 1. The highest BCUT2D eigenvalue weighted by atomic mass is 16.8. The third kappa shape index (κ3) is 7.55. The van der Waals surface area contributed by atoms with Gasteiger partial charge in [-0.15, -0.1) is 0 Å². The number of fused-ring (bicyclic) bond motifs is 1. The van der Waals surface area contributed by atoms with Crippen LogP contribution in [0.3, 0.4) is 0 Å². The average Bonchev–Trinajstić information content (AvgIpc) is 3.44. The maximum Gasteiger partial charge on any atom is 0.335 e. The molecule has 1 amide bonds. The number of hydroxylamine groups is 2. The van der Waals surface area contributed by atoms with E-state index in [1.165, 1.54) is 12.4 Å². The number of nitrogens with one attached hydrogen (secondary N) is 2. The molecular formula is C28H36N6O11. The van der Waals surface area contributed by atoms with Crippen LogP contribution >= 0.6 is 0 Å². The van der Waals surface area contributed by atoms with E-state index in [0.29, 0.717) is 18.5 Å². The van der Waals surface area contributed by atoms with E-state index < -0.39 is 73.0 Å². The summed E-state index contributed by atoms with van der Waals surface area (Å²) in [5.74, 6) is -1.73. The maximum absolute atomic E-state index is 12.4. The minimum atomic E-state index is -1.77. The molecule has 0 aromatic heterocycles. The summed E-state index contributed by atoms with van der Waals surface area (Å²) >= 11 is 0. The molecule has 4 N–H and O–H groups in total. The van der Waals surface area contributed by atoms with Crippen molar-refractivity contribution in [2.45, 2.75) is 101 Å². The van der Waals surface area contributed by atoms with Crippen LogP contribution < -0.4 is 10.6 Å². The van der Waals surface area contributed by atoms with Gasteiger partial charge in [0.15, 0.2) is 24.7 Å². The van der Waals surface area contributed by atoms with Crippen LogP contribution in [0.15, 0.2) is 29.4 Å². The number of aryl methyl sites for hydroxylation is 1. The number of hydrogen-bond donors (Lipinski definition) is 4. The number of aliphatic hydroxyl groups excluding tert-OH is 1. The standard InChI is InChI=1S/C28H36N6O11/c1-14-7-9-15(10-8-14)24(36)32-11-5-6-16-40-20-18(35)21(25(37)38)43-27(22(20)41-16)42-19-17(33-39)26(45-34(12-29)13-30)44-28(2,3)23(19)31-4/h7-10,16-23,26-27,31,35H,5-6,11H2,1-4H3,(H,32,36)(H,37,38). The fraction of sp³-hybridized carbons (Fsp3) is 0.643. The topological polar surface area (TPSA) is 234 Å². The fourth-order valence-corrected chi connectivity index (χ4v) is 5.62. The van der Waals surface area contributed by atoms with Gasteiger partial charge in [0.1, 0.15) is 24.4 Å². The number of carboxylic acid groups (broad SMARTS) is 1. The first-order valence-electron chi connectivity index (χ1n) is 14.3. The van der Waals surface area contributed by atoms with E-state index in [2.05, 4.69) is 15.8 Å². The molecule has 0 saturated carbocycles. The van der Waals surface area contributed by atoms with Crippen molar-refractivity contribution in [3.05, 3.63) is 40.3 Å². The second kappa shape index (κ2) is 14.5. The number of aliphatic hydroxyl groups is 1. The maximum atomic E-state index is 12.4. The predicted molar refractivity (Wildman–Crippen MR) is 149 cm³/mol. The van der Waals surface area contributed by atoms with E-state index in [9.17, 15) is 24.7 Å². The molecule has 10 unspecified atom stereocenters. The van der Waals surface area contributed by atoms with Crippen molar-refractivity contribution in [1.82, 2.24) is 15.7 Å². The van der Waals surface area contributed by atoms with E-state index in [0.717, 1.165) is 5.56 Å². The van der Waals surface area contributed by atoms with Crippen molar-refractivity contribution >= 4 is 11.9 Å². The van der Waals surface area contributed by atoms with Crippen LogP contribution in [-0.2, 0) is 33.3 Å². The lowest BCUT2D eigenvalue weighted by atomic mass is 9.86. The zero-order chi connectivity index (χ0) is 32.9. The summed E-state index contributed by atoms with van der Waals surface area (Å²) in [4.78, 5) is 41.8. The van der Waals surface area contributed by atoms with Gasteiger partial charge in [0.25, 0.3) is 5.91 Å². The Bertz CT molecular complexity index is 1290. The summed E-state index contributed by atoms with van der Waals surface area (Å²) in [6.45, 7) is 5.49. The lowest BCUT2D eigenvalue weighted by Gasteiger charge is -2.49. The molecule has 244 valence electrons. The van der Waals surface area contributed by atoms with Gasteiger partial charge in [0.2, 0.25) is 18.7 Å². The third-order valence-electron chi connectivity index (χ3n) is 7.82. The average molecular weight is 633 g/mol. The highest BCUT2D eigenvalue weighted by Gasteiger charge is 2.59. The minimum Gasteiger partial charge on any atom is -0.479 e. The zero-order valence-electron chi connectivity index (χ0n) is 25.1. The minimum absolute atomic E-state index is 0.237. The molecule has 3 saturated heterocycles. The van der Waals surface area contributed by atoms with Crippen LogP contribution in [0, 0.1) is 34.7 Å². The predicted octanol–water partition coefficient (Wildman–Crippen LogP) is 0.224. The first-order valence-corrected chi connectivity index (χ1v) is 14.3. The van der Waals surface area contributed by atoms with Gasteiger partial charge in [0, 0.05) is 18.5 Å². The summed E-state index contributed by atoms with van der Waals surface area (Å²) in [5, 5.41) is 48.0. The van der Waals surface area contributed by atoms with Gasteiger partial charge in [-0.2, -0.15) is 15.4 Å². The number of aliphatic carboxylic acids is 1. The Balaban J connectivity index is 1.48. The van der Waals surface area contributed by atoms with Gasteiger partial charge in [-0.25, -0.2) is 9.63 Å². The summed E-state index contributed by atoms with van der Waals surface area (Å²) < 4.78 is 29.6. The van der Waals surface area contributed by atoms with Crippen molar-refractivity contribution in [3.8, 4) is 12.4 Å². The molecule has 3 heterocycles. The molecular weight excluding hydrogens is 596 g/mol. The first kappa shape index (κ1) is 34.1. The van der Waals surface area contributed by atoms with E-state index in [1.807, 2.05) is 19.1 Å². The second-order valence-electron chi connectivity index (χ2n) is 11.3. The number of nitrogens with zero attached hydrogens (tertiary/aromatic N) is 4. The highest BCUT2D eigenvalue weighted by Crippen LogP contribution is 2.39.